The number of benzene rings is 2. The Morgan fingerprint density at radius 2 is 1.86 bits per heavy atom. The highest BCUT2D eigenvalue weighted by atomic mass is 16.3. The van der Waals surface area contributed by atoms with E-state index >= 15 is 0 Å². The molecule has 0 spiro atoms. The van der Waals surface area contributed by atoms with Crippen LogP contribution in [0.25, 0.3) is 0 Å². The Kier molecular flexibility index (Phi) is 5.38. The van der Waals surface area contributed by atoms with Crippen molar-refractivity contribution in [1.82, 2.24) is 5.32 Å². The molecule has 0 heterocycles. The third kappa shape index (κ3) is 5.30. The van der Waals surface area contributed by atoms with Crippen molar-refractivity contribution in [2.75, 3.05) is 6.54 Å². The smallest absolute Gasteiger partial charge is 0.224 e. The van der Waals surface area contributed by atoms with Gasteiger partial charge in [-0.25, -0.2) is 0 Å². The van der Waals surface area contributed by atoms with E-state index in [0.717, 1.165) is 18.4 Å². The Bertz CT molecular complexity index is 590. The van der Waals surface area contributed by atoms with Gasteiger partial charge in [-0.15, -0.1) is 0 Å². The SMILES string of the molecule is Cc1cccc(CCCNC(=O)Cc2ccc(O)cc2)c1. The predicted molar refractivity (Wildman–Crippen MR) is 84.3 cm³/mol. The summed E-state index contributed by atoms with van der Waals surface area (Å²) < 4.78 is 0. The van der Waals surface area contributed by atoms with Crippen LogP contribution in [0.4, 0.5) is 0 Å². The molecule has 3 nitrogen and oxygen atoms in total. The minimum atomic E-state index is 0.0185. The lowest BCUT2D eigenvalue weighted by Gasteiger charge is -2.06. The molecule has 2 aromatic rings. The number of phenolic OH excluding ortho intramolecular Hbond substituents is 1. The molecule has 0 unspecified atom stereocenters. The number of aromatic hydroxyl groups is 1. The van der Waals surface area contributed by atoms with Gasteiger partial charge in [-0.2, -0.15) is 0 Å². The van der Waals surface area contributed by atoms with Crippen LogP contribution in [0.15, 0.2) is 48.5 Å². The minimum absolute atomic E-state index is 0.0185. The zero-order valence-corrected chi connectivity index (χ0v) is 12.3. The van der Waals surface area contributed by atoms with Gasteiger partial charge in [-0.3, -0.25) is 4.79 Å². The van der Waals surface area contributed by atoms with Gasteiger partial charge in [0.15, 0.2) is 0 Å². The van der Waals surface area contributed by atoms with E-state index in [4.69, 9.17) is 0 Å². The summed E-state index contributed by atoms with van der Waals surface area (Å²) in [4.78, 5) is 11.8. The van der Waals surface area contributed by atoms with Crippen LogP contribution in [0, 0.1) is 6.92 Å². The second kappa shape index (κ2) is 7.48. The monoisotopic (exact) mass is 283 g/mol. The Labute approximate surface area is 125 Å². The maximum Gasteiger partial charge on any atom is 0.224 e. The molecule has 0 saturated heterocycles. The van der Waals surface area contributed by atoms with Crippen LogP contribution in [0.5, 0.6) is 5.75 Å². The summed E-state index contributed by atoms with van der Waals surface area (Å²) in [5, 5.41) is 12.1. The Morgan fingerprint density at radius 3 is 2.57 bits per heavy atom. The number of hydrogen-bond acceptors (Lipinski definition) is 2. The fraction of sp³-hybridized carbons (Fsp3) is 0.278. The highest BCUT2D eigenvalue weighted by Crippen LogP contribution is 2.10. The van der Waals surface area contributed by atoms with E-state index in [1.165, 1.54) is 11.1 Å². The van der Waals surface area contributed by atoms with Crippen LogP contribution in [0.3, 0.4) is 0 Å². The van der Waals surface area contributed by atoms with Crippen molar-refractivity contribution in [1.29, 1.82) is 0 Å². The molecule has 0 saturated carbocycles. The van der Waals surface area contributed by atoms with Gasteiger partial charge < -0.3 is 10.4 Å². The third-order valence-electron chi connectivity index (χ3n) is 3.35. The largest absolute Gasteiger partial charge is 0.508 e. The van der Waals surface area contributed by atoms with Gasteiger partial charge in [0, 0.05) is 6.54 Å². The average Bonchev–Trinajstić information content (AvgIpc) is 2.46. The first kappa shape index (κ1) is 15.1. The molecule has 0 atom stereocenters. The Balaban J connectivity index is 1.68. The topological polar surface area (TPSA) is 49.3 Å². The maximum absolute atomic E-state index is 11.8. The van der Waals surface area contributed by atoms with Crippen LogP contribution in [-0.2, 0) is 17.6 Å². The van der Waals surface area contributed by atoms with E-state index < -0.39 is 0 Å². The van der Waals surface area contributed by atoms with E-state index in [-0.39, 0.29) is 11.7 Å². The summed E-state index contributed by atoms with van der Waals surface area (Å²) in [6.07, 6.45) is 2.26. The molecular formula is C18H21NO2. The summed E-state index contributed by atoms with van der Waals surface area (Å²) in [5.41, 5.74) is 3.48. The number of hydrogen-bond donors (Lipinski definition) is 2. The van der Waals surface area contributed by atoms with Crippen LogP contribution < -0.4 is 5.32 Å². The number of aryl methyl sites for hydroxylation is 2. The maximum atomic E-state index is 11.8. The lowest BCUT2D eigenvalue weighted by atomic mass is 10.1. The second-order valence-electron chi connectivity index (χ2n) is 5.29. The number of carbonyl (C=O) groups excluding carboxylic acids is 1. The molecule has 1 amide bonds. The van der Waals surface area contributed by atoms with Gasteiger partial charge in [-0.05, 0) is 43.0 Å². The van der Waals surface area contributed by atoms with Gasteiger partial charge >= 0.3 is 0 Å². The summed E-state index contributed by atoms with van der Waals surface area (Å²) in [6.45, 7) is 2.77. The van der Waals surface area contributed by atoms with Crippen molar-refractivity contribution in [3.8, 4) is 5.75 Å². The lowest BCUT2D eigenvalue weighted by molar-refractivity contribution is -0.120. The first-order valence-electron chi connectivity index (χ1n) is 7.23. The highest BCUT2D eigenvalue weighted by molar-refractivity contribution is 5.78. The number of rotatable bonds is 6. The van der Waals surface area contributed by atoms with Crippen molar-refractivity contribution in [2.45, 2.75) is 26.2 Å². The average molecular weight is 283 g/mol. The summed E-state index contributed by atoms with van der Waals surface area (Å²) in [5.74, 6) is 0.238. The molecule has 2 rings (SSSR count). The van der Waals surface area contributed by atoms with E-state index in [2.05, 4.69) is 36.5 Å². The molecule has 0 fully saturated rings. The minimum Gasteiger partial charge on any atom is -0.508 e. The molecule has 0 bridgehead atoms. The standard InChI is InChI=1S/C18H21NO2/c1-14-4-2-5-15(12-14)6-3-11-19-18(21)13-16-7-9-17(20)10-8-16/h2,4-5,7-10,12,20H,3,6,11,13H2,1H3,(H,19,21). The van der Waals surface area contributed by atoms with E-state index in [9.17, 15) is 9.90 Å². The molecule has 0 radical (unpaired) electrons. The molecular weight excluding hydrogens is 262 g/mol. The van der Waals surface area contributed by atoms with Gasteiger partial charge in [0.05, 0.1) is 6.42 Å². The molecule has 21 heavy (non-hydrogen) atoms. The van der Waals surface area contributed by atoms with Gasteiger partial charge in [0.2, 0.25) is 5.91 Å². The van der Waals surface area contributed by atoms with Crippen molar-refractivity contribution in [2.24, 2.45) is 0 Å². The highest BCUT2D eigenvalue weighted by Gasteiger charge is 2.03. The van der Waals surface area contributed by atoms with Crippen molar-refractivity contribution in [3.05, 3.63) is 65.2 Å². The molecule has 0 aliphatic rings. The van der Waals surface area contributed by atoms with E-state index in [1.807, 2.05) is 0 Å². The quantitative estimate of drug-likeness (QED) is 0.801. The van der Waals surface area contributed by atoms with Crippen LogP contribution in [0.2, 0.25) is 0 Å². The molecule has 0 aliphatic carbocycles. The molecule has 0 aromatic heterocycles. The van der Waals surface area contributed by atoms with Crippen molar-refractivity contribution < 1.29 is 9.90 Å². The van der Waals surface area contributed by atoms with Crippen molar-refractivity contribution in [3.63, 3.8) is 0 Å². The summed E-state index contributed by atoms with van der Waals surface area (Å²) in [7, 11) is 0. The van der Waals surface area contributed by atoms with E-state index in [0.29, 0.717) is 13.0 Å². The van der Waals surface area contributed by atoms with Crippen LogP contribution in [-0.4, -0.2) is 17.6 Å². The van der Waals surface area contributed by atoms with Gasteiger partial charge in [0.1, 0.15) is 5.75 Å². The number of carbonyl (C=O) groups is 1. The molecule has 3 heteroatoms. The van der Waals surface area contributed by atoms with Gasteiger partial charge in [-0.1, -0.05) is 42.0 Å². The molecule has 2 aromatic carbocycles. The second-order valence-corrected chi connectivity index (χ2v) is 5.29. The van der Waals surface area contributed by atoms with Crippen LogP contribution in [0.1, 0.15) is 23.1 Å². The number of nitrogens with one attached hydrogen (secondary N) is 1. The van der Waals surface area contributed by atoms with E-state index in [1.54, 1.807) is 24.3 Å². The van der Waals surface area contributed by atoms with Crippen LogP contribution >= 0.6 is 0 Å². The molecule has 0 aliphatic heterocycles. The Hall–Kier alpha value is -2.29. The first-order chi connectivity index (χ1) is 10.1. The lowest BCUT2D eigenvalue weighted by Crippen LogP contribution is -2.26. The number of amides is 1. The Morgan fingerprint density at radius 1 is 1.10 bits per heavy atom. The number of phenols is 1. The first-order valence-corrected chi connectivity index (χ1v) is 7.23. The van der Waals surface area contributed by atoms with Crippen molar-refractivity contribution >= 4 is 5.91 Å². The summed E-state index contributed by atoms with van der Waals surface area (Å²) >= 11 is 0. The zero-order chi connectivity index (χ0) is 15.1. The molecule has 2 N–H and O–H groups in total. The zero-order valence-electron chi connectivity index (χ0n) is 12.3. The predicted octanol–water partition coefficient (Wildman–Crippen LogP) is 2.99. The fourth-order valence-corrected chi connectivity index (χ4v) is 2.25. The fourth-order valence-electron chi connectivity index (χ4n) is 2.25. The molecule has 110 valence electrons. The summed E-state index contributed by atoms with van der Waals surface area (Å²) in [6, 6.07) is 15.2. The third-order valence-corrected chi connectivity index (χ3v) is 3.35. The van der Waals surface area contributed by atoms with Gasteiger partial charge in [0.25, 0.3) is 0 Å². The normalized spacial score (nSPS) is 10.3.